The molecule has 0 N–H and O–H groups in total. The fourth-order valence-corrected chi connectivity index (χ4v) is 4.79. The highest BCUT2D eigenvalue weighted by Gasteiger charge is 2.21. The summed E-state index contributed by atoms with van der Waals surface area (Å²) in [5, 5.41) is 3.51. The highest BCUT2D eigenvalue weighted by atomic mass is 32.1. The van der Waals surface area contributed by atoms with Crippen molar-refractivity contribution in [2.75, 3.05) is 20.3 Å². The lowest BCUT2D eigenvalue weighted by Gasteiger charge is -2.19. The van der Waals surface area contributed by atoms with Gasteiger partial charge in [0.2, 0.25) is 0 Å². The lowest BCUT2D eigenvalue weighted by Crippen LogP contribution is -2.25. The van der Waals surface area contributed by atoms with Gasteiger partial charge in [-0.05, 0) is 35.2 Å². The molecule has 3 heterocycles. The number of fused-ring (bicyclic) bond motifs is 2. The molecule has 0 spiro atoms. The van der Waals surface area contributed by atoms with Crippen molar-refractivity contribution >= 4 is 21.4 Å². The molecule has 0 saturated heterocycles. The lowest BCUT2D eigenvalue weighted by atomic mass is 10.0. The van der Waals surface area contributed by atoms with Gasteiger partial charge in [0, 0.05) is 46.4 Å². The van der Waals surface area contributed by atoms with Crippen LogP contribution in [-0.2, 0) is 13.1 Å². The van der Waals surface area contributed by atoms with Crippen LogP contribution in [0.2, 0.25) is 0 Å². The van der Waals surface area contributed by atoms with E-state index in [1.807, 2.05) is 6.07 Å². The van der Waals surface area contributed by atoms with E-state index in [0.29, 0.717) is 6.61 Å². The summed E-state index contributed by atoms with van der Waals surface area (Å²) >= 11 is 1.77. The van der Waals surface area contributed by atoms with E-state index in [1.54, 1.807) is 31.0 Å². The Labute approximate surface area is 167 Å². The van der Waals surface area contributed by atoms with Crippen molar-refractivity contribution < 1.29 is 13.9 Å². The summed E-state index contributed by atoms with van der Waals surface area (Å²) in [7, 11) is 1.71. The summed E-state index contributed by atoms with van der Waals surface area (Å²) in [4.78, 5) is 2.38. The molecular formula is C23H21NO3S. The number of rotatable bonds is 4. The van der Waals surface area contributed by atoms with Gasteiger partial charge in [-0.2, -0.15) is 0 Å². The molecule has 0 atom stereocenters. The Morgan fingerprint density at radius 2 is 2.11 bits per heavy atom. The number of benzene rings is 2. The highest BCUT2D eigenvalue weighted by Crippen LogP contribution is 2.41. The average Bonchev–Trinajstić information content (AvgIpc) is 3.33. The first-order chi connectivity index (χ1) is 13.8. The molecule has 142 valence electrons. The molecule has 5 heteroatoms. The Morgan fingerprint density at radius 1 is 1.18 bits per heavy atom. The summed E-state index contributed by atoms with van der Waals surface area (Å²) < 4.78 is 18.3. The minimum Gasteiger partial charge on any atom is -0.493 e. The fourth-order valence-electron chi connectivity index (χ4n) is 3.82. The van der Waals surface area contributed by atoms with Crippen molar-refractivity contribution in [3.8, 4) is 22.6 Å². The maximum Gasteiger partial charge on any atom is 0.165 e. The lowest BCUT2D eigenvalue weighted by molar-refractivity contribution is 0.216. The van der Waals surface area contributed by atoms with Crippen LogP contribution in [0.25, 0.3) is 21.2 Å². The van der Waals surface area contributed by atoms with E-state index in [0.717, 1.165) is 36.7 Å². The maximum atomic E-state index is 6.09. The third kappa shape index (κ3) is 3.17. The number of hydrogen-bond acceptors (Lipinski definition) is 5. The third-order valence-corrected chi connectivity index (χ3v) is 6.14. The van der Waals surface area contributed by atoms with Gasteiger partial charge in [-0.15, -0.1) is 11.3 Å². The predicted octanol–water partition coefficient (Wildman–Crippen LogP) is 5.56. The summed E-state index contributed by atoms with van der Waals surface area (Å²) in [6, 6.07) is 14.9. The molecule has 4 nitrogen and oxygen atoms in total. The van der Waals surface area contributed by atoms with Crippen molar-refractivity contribution in [1.29, 1.82) is 0 Å². The van der Waals surface area contributed by atoms with E-state index < -0.39 is 0 Å². The van der Waals surface area contributed by atoms with Crippen LogP contribution in [0.5, 0.6) is 11.5 Å². The van der Waals surface area contributed by atoms with Crippen molar-refractivity contribution in [2.45, 2.75) is 13.1 Å². The predicted molar refractivity (Wildman–Crippen MR) is 112 cm³/mol. The van der Waals surface area contributed by atoms with E-state index in [9.17, 15) is 0 Å². The van der Waals surface area contributed by atoms with Crippen LogP contribution in [0.1, 0.15) is 11.1 Å². The van der Waals surface area contributed by atoms with Gasteiger partial charge in [-0.25, -0.2) is 0 Å². The smallest absolute Gasteiger partial charge is 0.165 e. The van der Waals surface area contributed by atoms with E-state index in [1.165, 1.54) is 26.8 Å². The largest absolute Gasteiger partial charge is 0.493 e. The topological polar surface area (TPSA) is 34.8 Å². The van der Waals surface area contributed by atoms with Gasteiger partial charge in [-0.3, -0.25) is 4.90 Å². The Kier molecular flexibility index (Phi) is 4.55. The molecule has 0 fully saturated rings. The number of ether oxygens (including phenoxy) is 2. The quantitative estimate of drug-likeness (QED) is 0.456. The van der Waals surface area contributed by atoms with Crippen LogP contribution in [0.4, 0.5) is 0 Å². The zero-order valence-corrected chi connectivity index (χ0v) is 16.5. The van der Waals surface area contributed by atoms with Crippen molar-refractivity contribution in [1.82, 2.24) is 4.90 Å². The molecule has 0 bridgehead atoms. The fraction of sp³-hybridized carbons (Fsp3) is 0.217. The van der Waals surface area contributed by atoms with Crippen LogP contribution < -0.4 is 9.47 Å². The van der Waals surface area contributed by atoms with Gasteiger partial charge in [0.05, 0.1) is 19.6 Å². The molecular weight excluding hydrogens is 370 g/mol. The van der Waals surface area contributed by atoms with Gasteiger partial charge in [-0.1, -0.05) is 18.2 Å². The van der Waals surface area contributed by atoms with Crippen LogP contribution >= 0.6 is 11.3 Å². The van der Waals surface area contributed by atoms with Gasteiger partial charge < -0.3 is 13.9 Å². The van der Waals surface area contributed by atoms with Crippen molar-refractivity contribution in [3.63, 3.8) is 0 Å². The number of thiophene rings is 1. The molecule has 1 aliphatic heterocycles. The van der Waals surface area contributed by atoms with Crippen molar-refractivity contribution in [2.24, 2.45) is 0 Å². The first-order valence-electron chi connectivity index (χ1n) is 9.35. The van der Waals surface area contributed by atoms with Crippen molar-refractivity contribution in [3.05, 3.63) is 71.5 Å². The standard InChI is InChI=1S/C23H21NO3S/c1-25-21-11-17(20-15-28-22-5-3-2-4-19(20)22)10-18-13-24(7-9-27-23(18)21)12-16-6-8-26-14-16/h2-6,8,10-11,14-15H,7,9,12-13H2,1H3. The van der Waals surface area contributed by atoms with Crippen LogP contribution in [0.3, 0.4) is 0 Å². The molecule has 0 unspecified atom stereocenters. The Balaban J connectivity index is 1.55. The van der Waals surface area contributed by atoms with Gasteiger partial charge in [0.1, 0.15) is 6.61 Å². The number of furan rings is 1. The Morgan fingerprint density at radius 3 is 2.96 bits per heavy atom. The minimum atomic E-state index is 0.641. The number of methoxy groups -OCH3 is 1. The molecule has 4 aromatic rings. The van der Waals surface area contributed by atoms with Crippen LogP contribution in [-0.4, -0.2) is 25.2 Å². The van der Waals surface area contributed by atoms with Gasteiger partial charge in [0.25, 0.3) is 0 Å². The normalized spacial score (nSPS) is 14.5. The highest BCUT2D eigenvalue weighted by molar-refractivity contribution is 7.17. The molecule has 2 aromatic heterocycles. The summed E-state index contributed by atoms with van der Waals surface area (Å²) in [5.41, 5.74) is 4.75. The van der Waals surface area contributed by atoms with E-state index in [4.69, 9.17) is 13.9 Å². The maximum absolute atomic E-state index is 6.09. The molecule has 5 rings (SSSR count). The third-order valence-electron chi connectivity index (χ3n) is 5.18. The molecule has 0 aliphatic carbocycles. The second kappa shape index (κ2) is 7.34. The Hall–Kier alpha value is -2.76. The molecule has 1 aliphatic rings. The Bertz CT molecular complexity index is 1100. The average molecular weight is 391 g/mol. The minimum absolute atomic E-state index is 0.641. The summed E-state index contributed by atoms with van der Waals surface area (Å²) in [5.74, 6) is 1.66. The molecule has 28 heavy (non-hydrogen) atoms. The second-order valence-electron chi connectivity index (χ2n) is 7.00. The number of hydrogen-bond donors (Lipinski definition) is 0. The summed E-state index contributed by atoms with van der Waals surface area (Å²) in [6.07, 6.45) is 3.53. The van der Waals surface area contributed by atoms with Gasteiger partial charge in [0.15, 0.2) is 11.5 Å². The molecule has 0 saturated carbocycles. The van der Waals surface area contributed by atoms with Gasteiger partial charge >= 0.3 is 0 Å². The van der Waals surface area contributed by atoms with Crippen LogP contribution in [0, 0.1) is 0 Å². The first kappa shape index (κ1) is 17.3. The zero-order chi connectivity index (χ0) is 18.9. The number of nitrogens with zero attached hydrogens (tertiary/aromatic N) is 1. The molecule has 0 amide bonds. The zero-order valence-electron chi connectivity index (χ0n) is 15.7. The van der Waals surface area contributed by atoms with E-state index in [2.05, 4.69) is 46.7 Å². The summed E-state index contributed by atoms with van der Waals surface area (Å²) in [6.45, 7) is 3.15. The SMILES string of the molecule is COc1cc(-c2csc3ccccc23)cc2c1OCCN(Cc1ccoc1)C2. The molecule has 0 radical (unpaired) electrons. The van der Waals surface area contributed by atoms with E-state index in [-0.39, 0.29) is 0 Å². The second-order valence-corrected chi connectivity index (χ2v) is 7.91. The van der Waals surface area contributed by atoms with E-state index >= 15 is 0 Å². The monoisotopic (exact) mass is 391 g/mol. The van der Waals surface area contributed by atoms with Crippen LogP contribution in [0.15, 0.2) is 64.8 Å². The first-order valence-corrected chi connectivity index (χ1v) is 10.2. The molecule has 2 aromatic carbocycles.